The summed E-state index contributed by atoms with van der Waals surface area (Å²) < 4.78 is 24.9. The second-order valence-electron chi connectivity index (χ2n) is 10.6. The van der Waals surface area contributed by atoms with Crippen molar-refractivity contribution in [1.82, 2.24) is 4.68 Å². The molecule has 0 aliphatic carbocycles. The van der Waals surface area contributed by atoms with Crippen molar-refractivity contribution in [3.63, 3.8) is 0 Å². The largest absolute Gasteiger partial charge is 0.490 e. The van der Waals surface area contributed by atoms with Crippen LogP contribution in [0.1, 0.15) is 67.6 Å². The van der Waals surface area contributed by atoms with Gasteiger partial charge in [0.05, 0.1) is 30.5 Å². The molecular weight excluding hydrogens is 496 g/mol. The number of fused-ring (bicyclic) bond motifs is 6. The standard InChI is InChI=1S/C31H36N2O6/c1-5-37-30(35)24-19-32-26(18-27(24)34)23-17-29(39-20-21-10-7-6-8-11-21)28(38-15-9-14-36-4)16-22(23)25-12-13-31(2,3)33(25)32/h6-8,10-11,16-19,25H,5,9,12-15,20H2,1-4H3/t25-/m1/s1. The molecule has 2 aromatic carbocycles. The van der Waals surface area contributed by atoms with Crippen LogP contribution >= 0.6 is 0 Å². The predicted octanol–water partition coefficient (Wildman–Crippen LogP) is 5.25. The normalized spacial score (nSPS) is 16.7. The Hall–Kier alpha value is -3.78. The number of aromatic nitrogens is 1. The summed E-state index contributed by atoms with van der Waals surface area (Å²) in [5, 5.41) is 2.27. The van der Waals surface area contributed by atoms with Crippen LogP contribution in [0, 0.1) is 0 Å². The van der Waals surface area contributed by atoms with E-state index >= 15 is 0 Å². The van der Waals surface area contributed by atoms with Crippen molar-refractivity contribution >= 4 is 5.97 Å². The maximum Gasteiger partial charge on any atom is 0.343 e. The molecule has 0 amide bonds. The molecule has 8 nitrogen and oxygen atoms in total. The molecule has 1 aromatic heterocycles. The van der Waals surface area contributed by atoms with Gasteiger partial charge in [0.2, 0.25) is 0 Å². The molecule has 3 aromatic rings. The van der Waals surface area contributed by atoms with Crippen LogP contribution in [0.15, 0.2) is 59.5 Å². The van der Waals surface area contributed by atoms with E-state index in [4.69, 9.17) is 18.9 Å². The van der Waals surface area contributed by atoms with E-state index in [2.05, 4.69) is 24.9 Å². The van der Waals surface area contributed by atoms with Gasteiger partial charge in [-0.15, -0.1) is 0 Å². The van der Waals surface area contributed by atoms with E-state index in [1.807, 2.05) is 41.1 Å². The lowest BCUT2D eigenvalue weighted by atomic mass is 9.93. The van der Waals surface area contributed by atoms with Crippen LogP contribution in [0.5, 0.6) is 11.5 Å². The van der Waals surface area contributed by atoms with E-state index in [9.17, 15) is 9.59 Å². The number of hydrogen-bond donors (Lipinski definition) is 0. The molecule has 1 fully saturated rings. The van der Waals surface area contributed by atoms with Crippen LogP contribution in [0.3, 0.4) is 0 Å². The first-order chi connectivity index (χ1) is 18.8. The van der Waals surface area contributed by atoms with Crippen LogP contribution < -0.4 is 19.9 Å². The summed E-state index contributed by atoms with van der Waals surface area (Å²) in [6.07, 6.45) is 4.27. The fraction of sp³-hybridized carbons (Fsp3) is 0.419. The van der Waals surface area contributed by atoms with Gasteiger partial charge in [0.25, 0.3) is 0 Å². The number of nitrogens with zero attached hydrogens (tertiary/aromatic N) is 2. The van der Waals surface area contributed by atoms with E-state index in [1.165, 1.54) is 6.07 Å². The molecule has 0 bridgehead atoms. The maximum absolute atomic E-state index is 13.1. The minimum Gasteiger partial charge on any atom is -0.490 e. The number of methoxy groups -OCH3 is 1. The number of carbonyl (C=O) groups excluding carboxylic acids is 1. The molecule has 3 heterocycles. The van der Waals surface area contributed by atoms with Crippen LogP contribution in [0.4, 0.5) is 0 Å². The molecule has 0 saturated carbocycles. The second-order valence-corrected chi connectivity index (χ2v) is 10.6. The zero-order valence-corrected chi connectivity index (χ0v) is 23.1. The molecule has 206 valence electrons. The van der Waals surface area contributed by atoms with Gasteiger partial charge in [-0.1, -0.05) is 30.3 Å². The Morgan fingerprint density at radius 1 is 1.05 bits per heavy atom. The number of hydrogen-bond acceptors (Lipinski definition) is 7. The number of esters is 1. The van der Waals surface area contributed by atoms with Crippen molar-refractivity contribution < 1.29 is 23.7 Å². The summed E-state index contributed by atoms with van der Waals surface area (Å²) in [5.41, 5.74) is 3.20. The van der Waals surface area contributed by atoms with Crippen LogP contribution in [-0.2, 0) is 16.1 Å². The molecule has 2 aliphatic rings. The molecule has 0 unspecified atom stereocenters. The Balaban J connectivity index is 1.62. The van der Waals surface area contributed by atoms with Gasteiger partial charge in [-0.05, 0) is 56.9 Å². The lowest BCUT2D eigenvalue weighted by molar-refractivity contribution is 0.0523. The zero-order chi connectivity index (χ0) is 27.6. The third kappa shape index (κ3) is 5.26. The monoisotopic (exact) mass is 532 g/mol. The van der Waals surface area contributed by atoms with Gasteiger partial charge < -0.3 is 18.9 Å². The third-order valence-electron chi connectivity index (χ3n) is 7.44. The van der Waals surface area contributed by atoms with Gasteiger partial charge >= 0.3 is 5.97 Å². The predicted molar refractivity (Wildman–Crippen MR) is 149 cm³/mol. The van der Waals surface area contributed by atoms with Gasteiger partial charge in [0.15, 0.2) is 16.9 Å². The quantitative estimate of drug-likeness (QED) is 0.261. The molecule has 39 heavy (non-hydrogen) atoms. The minimum absolute atomic E-state index is 0.0316. The lowest BCUT2D eigenvalue weighted by Crippen LogP contribution is -2.50. The SMILES string of the molecule is CCOC(=O)c1cn2c(cc1=O)-c1cc(OCc3ccccc3)c(OCCCOC)cc1[C@H]1CCC(C)(C)N12. The van der Waals surface area contributed by atoms with Crippen molar-refractivity contribution in [3.05, 3.63) is 81.6 Å². The topological polar surface area (TPSA) is 79.2 Å². The first-order valence-electron chi connectivity index (χ1n) is 13.5. The Labute approximate surface area is 229 Å². The van der Waals surface area contributed by atoms with Crippen LogP contribution in [0.25, 0.3) is 11.3 Å². The Bertz CT molecular complexity index is 1400. The summed E-state index contributed by atoms with van der Waals surface area (Å²) in [6, 6.07) is 15.6. The van der Waals surface area contributed by atoms with E-state index < -0.39 is 5.97 Å². The summed E-state index contributed by atoms with van der Waals surface area (Å²) >= 11 is 0. The molecule has 1 atom stereocenters. The number of carbonyl (C=O) groups is 1. The van der Waals surface area contributed by atoms with E-state index in [-0.39, 0.29) is 29.2 Å². The van der Waals surface area contributed by atoms with Gasteiger partial charge in [-0.25, -0.2) is 4.79 Å². The molecule has 0 N–H and O–H groups in total. The highest BCUT2D eigenvalue weighted by molar-refractivity contribution is 5.89. The number of benzene rings is 2. The lowest BCUT2D eigenvalue weighted by Gasteiger charge is -2.44. The van der Waals surface area contributed by atoms with Gasteiger partial charge in [0, 0.05) is 38.0 Å². The maximum atomic E-state index is 13.1. The average Bonchev–Trinajstić information content (AvgIpc) is 3.25. The van der Waals surface area contributed by atoms with Gasteiger partial charge in [0.1, 0.15) is 12.2 Å². The van der Waals surface area contributed by atoms with Crippen LogP contribution in [-0.4, -0.2) is 43.1 Å². The number of pyridine rings is 1. The van der Waals surface area contributed by atoms with Crippen molar-refractivity contribution in [3.8, 4) is 22.8 Å². The molecule has 8 heteroatoms. The molecular formula is C31H36N2O6. The molecule has 0 radical (unpaired) electrons. The smallest absolute Gasteiger partial charge is 0.343 e. The second kappa shape index (κ2) is 11.1. The first kappa shape index (κ1) is 26.8. The summed E-state index contributed by atoms with van der Waals surface area (Å²) in [6.45, 7) is 7.78. The Morgan fingerprint density at radius 2 is 1.82 bits per heavy atom. The van der Waals surface area contributed by atoms with Crippen molar-refractivity contribution in [2.45, 2.75) is 58.2 Å². The molecule has 1 saturated heterocycles. The van der Waals surface area contributed by atoms with E-state index in [0.29, 0.717) is 37.0 Å². The van der Waals surface area contributed by atoms with Crippen molar-refractivity contribution in [1.29, 1.82) is 0 Å². The zero-order valence-electron chi connectivity index (χ0n) is 23.1. The first-order valence-corrected chi connectivity index (χ1v) is 13.5. The highest BCUT2D eigenvalue weighted by atomic mass is 16.5. The highest BCUT2D eigenvalue weighted by Gasteiger charge is 2.45. The number of ether oxygens (including phenoxy) is 4. The highest BCUT2D eigenvalue weighted by Crippen LogP contribution is 2.50. The Morgan fingerprint density at radius 3 is 2.56 bits per heavy atom. The molecule has 2 aliphatic heterocycles. The van der Waals surface area contributed by atoms with Crippen LogP contribution in [0.2, 0.25) is 0 Å². The van der Waals surface area contributed by atoms with E-state index in [1.54, 1.807) is 20.2 Å². The number of rotatable bonds is 10. The fourth-order valence-corrected chi connectivity index (χ4v) is 5.56. The van der Waals surface area contributed by atoms with E-state index in [0.717, 1.165) is 36.0 Å². The molecule has 0 spiro atoms. The summed E-state index contributed by atoms with van der Waals surface area (Å²) in [7, 11) is 1.68. The minimum atomic E-state index is -0.608. The third-order valence-corrected chi connectivity index (χ3v) is 7.44. The molecule has 5 rings (SSSR count). The average molecular weight is 533 g/mol. The van der Waals surface area contributed by atoms with Gasteiger partial charge in [-0.3, -0.25) is 14.5 Å². The summed E-state index contributed by atoms with van der Waals surface area (Å²) in [5.74, 6) is 0.669. The van der Waals surface area contributed by atoms with Crippen molar-refractivity contribution in [2.75, 3.05) is 31.9 Å². The van der Waals surface area contributed by atoms with Gasteiger partial charge in [-0.2, -0.15) is 0 Å². The Kier molecular flexibility index (Phi) is 7.66. The van der Waals surface area contributed by atoms with Crippen molar-refractivity contribution in [2.24, 2.45) is 0 Å². The fourth-order valence-electron chi connectivity index (χ4n) is 5.56. The summed E-state index contributed by atoms with van der Waals surface area (Å²) in [4.78, 5) is 25.8.